The van der Waals surface area contributed by atoms with Gasteiger partial charge in [0, 0.05) is 43.7 Å². The van der Waals surface area contributed by atoms with E-state index in [4.69, 9.17) is 4.74 Å². The van der Waals surface area contributed by atoms with Crippen LogP contribution in [0, 0.1) is 13.8 Å². The fraction of sp³-hybridized carbons (Fsp3) is 0.667. The van der Waals surface area contributed by atoms with Crippen molar-refractivity contribution in [3.05, 3.63) is 23.0 Å². The molecule has 0 aromatic carbocycles. The summed E-state index contributed by atoms with van der Waals surface area (Å²) in [5.74, 6) is 0.226. The Morgan fingerprint density at radius 3 is 2.63 bits per heavy atom. The molecule has 1 aromatic rings. The highest BCUT2D eigenvalue weighted by Crippen LogP contribution is 2.27. The lowest BCUT2D eigenvalue weighted by Crippen LogP contribution is -2.34. The van der Waals surface area contributed by atoms with Crippen molar-refractivity contribution in [2.75, 3.05) is 26.8 Å². The van der Waals surface area contributed by atoms with Gasteiger partial charge < -0.3 is 9.30 Å². The molecule has 1 saturated carbocycles. The van der Waals surface area contributed by atoms with Gasteiger partial charge in [-0.15, -0.1) is 0 Å². The van der Waals surface area contributed by atoms with E-state index in [-0.39, 0.29) is 5.78 Å². The molecular formula is C15H24N2O2. The van der Waals surface area contributed by atoms with Crippen molar-refractivity contribution in [3.8, 4) is 0 Å². The van der Waals surface area contributed by atoms with E-state index in [1.165, 1.54) is 12.8 Å². The highest BCUT2D eigenvalue weighted by molar-refractivity contribution is 5.99. The monoisotopic (exact) mass is 264 g/mol. The first kappa shape index (κ1) is 14.3. The summed E-state index contributed by atoms with van der Waals surface area (Å²) in [5, 5.41) is 0. The summed E-state index contributed by atoms with van der Waals surface area (Å²) < 4.78 is 7.20. The first-order chi connectivity index (χ1) is 9.04. The minimum atomic E-state index is 0.226. The van der Waals surface area contributed by atoms with E-state index in [2.05, 4.69) is 9.47 Å². The van der Waals surface area contributed by atoms with Crippen LogP contribution >= 0.6 is 0 Å². The van der Waals surface area contributed by atoms with E-state index in [9.17, 15) is 4.79 Å². The molecule has 0 N–H and O–H groups in total. The molecule has 4 heteroatoms. The molecule has 0 bridgehead atoms. The Labute approximate surface area is 115 Å². The first-order valence-electron chi connectivity index (χ1n) is 6.93. The normalized spacial score (nSPS) is 15.2. The SMILES string of the molecule is COCCN(CC(=O)c1cc(C)n(C)c1C)C1CC1. The number of aryl methyl sites for hydroxylation is 1. The molecule has 1 heterocycles. The number of hydrogen-bond acceptors (Lipinski definition) is 3. The lowest BCUT2D eigenvalue weighted by Gasteiger charge is -2.20. The van der Waals surface area contributed by atoms with Crippen molar-refractivity contribution in [1.29, 1.82) is 0 Å². The number of ether oxygens (including phenoxy) is 1. The standard InChI is InChI=1S/C15H24N2O2/c1-11-9-14(12(2)16(11)3)15(18)10-17(7-8-19-4)13-5-6-13/h9,13H,5-8,10H2,1-4H3. The summed E-state index contributed by atoms with van der Waals surface area (Å²) in [6.07, 6.45) is 2.42. The summed E-state index contributed by atoms with van der Waals surface area (Å²) in [6, 6.07) is 2.59. The van der Waals surface area contributed by atoms with Crippen LogP contribution in [0.4, 0.5) is 0 Å². The summed E-state index contributed by atoms with van der Waals surface area (Å²) in [7, 11) is 3.71. The molecule has 106 valence electrons. The molecule has 1 aliphatic carbocycles. The van der Waals surface area contributed by atoms with Crippen LogP contribution in [0.15, 0.2) is 6.07 Å². The van der Waals surface area contributed by atoms with Gasteiger partial charge in [0.05, 0.1) is 13.2 Å². The van der Waals surface area contributed by atoms with E-state index < -0.39 is 0 Å². The first-order valence-corrected chi connectivity index (χ1v) is 6.93. The molecule has 0 radical (unpaired) electrons. The van der Waals surface area contributed by atoms with Gasteiger partial charge in [0.2, 0.25) is 0 Å². The van der Waals surface area contributed by atoms with Crippen LogP contribution in [-0.2, 0) is 11.8 Å². The van der Waals surface area contributed by atoms with Crippen molar-refractivity contribution >= 4 is 5.78 Å². The van der Waals surface area contributed by atoms with Crippen molar-refractivity contribution < 1.29 is 9.53 Å². The van der Waals surface area contributed by atoms with Crippen LogP contribution < -0.4 is 0 Å². The van der Waals surface area contributed by atoms with Crippen molar-refractivity contribution in [2.24, 2.45) is 7.05 Å². The summed E-state index contributed by atoms with van der Waals surface area (Å²) in [5.41, 5.74) is 3.06. The third-order valence-corrected chi connectivity index (χ3v) is 4.07. The van der Waals surface area contributed by atoms with Gasteiger partial charge in [-0.25, -0.2) is 0 Å². The Morgan fingerprint density at radius 1 is 1.47 bits per heavy atom. The molecule has 19 heavy (non-hydrogen) atoms. The number of carbonyl (C=O) groups excluding carboxylic acids is 1. The fourth-order valence-electron chi connectivity index (χ4n) is 2.45. The maximum absolute atomic E-state index is 12.4. The van der Waals surface area contributed by atoms with Gasteiger partial charge in [0.1, 0.15) is 0 Å². The van der Waals surface area contributed by atoms with Crippen LogP contribution in [0.25, 0.3) is 0 Å². The zero-order chi connectivity index (χ0) is 14.0. The van der Waals surface area contributed by atoms with Gasteiger partial charge in [-0.2, -0.15) is 0 Å². The molecule has 0 unspecified atom stereocenters. The smallest absolute Gasteiger partial charge is 0.178 e. The number of rotatable bonds is 7. The number of methoxy groups -OCH3 is 1. The second-order valence-electron chi connectivity index (χ2n) is 5.46. The molecule has 0 amide bonds. The number of Topliss-reactive ketones (excluding diaryl/α,β-unsaturated/α-hetero) is 1. The zero-order valence-electron chi connectivity index (χ0n) is 12.4. The van der Waals surface area contributed by atoms with E-state index in [1.807, 2.05) is 27.0 Å². The lowest BCUT2D eigenvalue weighted by molar-refractivity contribution is 0.0885. The Balaban J connectivity index is 2.04. The number of nitrogens with zero attached hydrogens (tertiary/aromatic N) is 2. The van der Waals surface area contributed by atoms with E-state index in [0.29, 0.717) is 19.2 Å². The predicted octanol–water partition coefficient (Wildman–Crippen LogP) is 1.94. The summed E-state index contributed by atoms with van der Waals surface area (Å²) in [6.45, 7) is 6.09. The second-order valence-corrected chi connectivity index (χ2v) is 5.46. The van der Waals surface area contributed by atoms with Crippen LogP contribution in [0.5, 0.6) is 0 Å². The number of ketones is 1. The van der Waals surface area contributed by atoms with Crippen LogP contribution in [0.1, 0.15) is 34.6 Å². The van der Waals surface area contributed by atoms with E-state index in [0.717, 1.165) is 23.5 Å². The van der Waals surface area contributed by atoms with Gasteiger partial charge >= 0.3 is 0 Å². The van der Waals surface area contributed by atoms with Crippen molar-refractivity contribution in [2.45, 2.75) is 32.7 Å². The Kier molecular flexibility index (Phi) is 4.42. The second kappa shape index (κ2) is 5.88. The topological polar surface area (TPSA) is 34.5 Å². The van der Waals surface area contributed by atoms with Crippen molar-refractivity contribution in [3.63, 3.8) is 0 Å². The van der Waals surface area contributed by atoms with E-state index >= 15 is 0 Å². The van der Waals surface area contributed by atoms with Gasteiger partial charge in [-0.05, 0) is 32.8 Å². The van der Waals surface area contributed by atoms with Crippen LogP contribution in [0.2, 0.25) is 0 Å². The minimum absolute atomic E-state index is 0.226. The van der Waals surface area contributed by atoms with Crippen LogP contribution in [0.3, 0.4) is 0 Å². The number of carbonyl (C=O) groups is 1. The third-order valence-electron chi connectivity index (χ3n) is 4.07. The highest BCUT2D eigenvalue weighted by atomic mass is 16.5. The molecule has 1 aromatic heterocycles. The van der Waals surface area contributed by atoms with Crippen LogP contribution in [-0.4, -0.2) is 48.1 Å². The molecule has 0 aliphatic heterocycles. The average Bonchev–Trinajstić information content (AvgIpc) is 3.19. The molecule has 4 nitrogen and oxygen atoms in total. The zero-order valence-corrected chi connectivity index (χ0v) is 12.4. The quantitative estimate of drug-likeness (QED) is 0.706. The Bertz CT molecular complexity index is 461. The number of aromatic nitrogens is 1. The highest BCUT2D eigenvalue weighted by Gasteiger charge is 2.30. The summed E-state index contributed by atoms with van der Waals surface area (Å²) in [4.78, 5) is 14.7. The third kappa shape index (κ3) is 3.25. The predicted molar refractivity (Wildman–Crippen MR) is 75.7 cm³/mol. The number of hydrogen-bond donors (Lipinski definition) is 0. The maximum Gasteiger partial charge on any atom is 0.178 e. The molecule has 0 atom stereocenters. The largest absolute Gasteiger partial charge is 0.383 e. The van der Waals surface area contributed by atoms with Gasteiger partial charge in [-0.1, -0.05) is 0 Å². The molecule has 1 aliphatic rings. The van der Waals surface area contributed by atoms with Gasteiger partial charge in [0.15, 0.2) is 5.78 Å². The maximum atomic E-state index is 12.4. The Morgan fingerprint density at radius 2 is 2.16 bits per heavy atom. The molecule has 1 fully saturated rings. The minimum Gasteiger partial charge on any atom is -0.383 e. The van der Waals surface area contributed by atoms with Gasteiger partial charge in [0.25, 0.3) is 0 Å². The molecule has 0 spiro atoms. The van der Waals surface area contributed by atoms with E-state index in [1.54, 1.807) is 7.11 Å². The Hall–Kier alpha value is -1.13. The summed E-state index contributed by atoms with van der Waals surface area (Å²) >= 11 is 0. The van der Waals surface area contributed by atoms with Gasteiger partial charge in [-0.3, -0.25) is 9.69 Å². The molecule has 0 saturated heterocycles. The molecule has 2 rings (SSSR count). The lowest BCUT2D eigenvalue weighted by atomic mass is 10.1. The molecular weight excluding hydrogens is 240 g/mol. The fourth-order valence-corrected chi connectivity index (χ4v) is 2.45. The average molecular weight is 264 g/mol. The van der Waals surface area contributed by atoms with Crippen molar-refractivity contribution in [1.82, 2.24) is 9.47 Å².